The lowest BCUT2D eigenvalue weighted by molar-refractivity contribution is 0.170. The summed E-state index contributed by atoms with van der Waals surface area (Å²) in [5, 5.41) is 0. The van der Waals surface area contributed by atoms with Gasteiger partial charge in [-0.1, -0.05) is 17.7 Å². The Morgan fingerprint density at radius 1 is 0.958 bits per heavy atom. The molecule has 128 valence electrons. The number of aryl methyl sites for hydroxylation is 1. The molecule has 2 heterocycles. The Morgan fingerprint density at radius 3 is 2.04 bits per heavy atom. The summed E-state index contributed by atoms with van der Waals surface area (Å²) in [6.45, 7) is 2.43. The smallest absolute Gasteiger partial charge is 0.253 e. The molecule has 7 heteroatoms. The Morgan fingerprint density at radius 2 is 1.50 bits per heavy atom. The van der Waals surface area contributed by atoms with Gasteiger partial charge in [0.2, 0.25) is 11.6 Å². The van der Waals surface area contributed by atoms with Crippen molar-refractivity contribution in [1.82, 2.24) is 4.98 Å². The molecule has 0 bridgehead atoms. The fourth-order valence-corrected chi connectivity index (χ4v) is 2.76. The summed E-state index contributed by atoms with van der Waals surface area (Å²) in [6.07, 6.45) is 0.850. The van der Waals surface area contributed by atoms with Crippen molar-refractivity contribution in [3.05, 3.63) is 53.4 Å². The largest absolute Gasteiger partial charge is 0.490 e. The number of piperidine rings is 1. The minimum absolute atomic E-state index is 0.119. The van der Waals surface area contributed by atoms with Crippen LogP contribution in [0.25, 0.3) is 0 Å². The molecule has 0 saturated carbocycles. The third kappa shape index (κ3) is 3.29. The van der Waals surface area contributed by atoms with Crippen LogP contribution in [0.15, 0.2) is 24.3 Å². The standard InChI is InChI=1S/C17H16F4N2O/c1-10-2-4-11(5-3-10)24-12-6-8-23(9-7-12)15-13(18)16(20)22-17(21)14(15)19/h2-5,12H,6-9H2,1H3. The van der Waals surface area contributed by atoms with E-state index in [0.29, 0.717) is 12.8 Å². The van der Waals surface area contributed by atoms with Crippen LogP contribution in [0.2, 0.25) is 0 Å². The number of benzene rings is 1. The second-order valence-electron chi connectivity index (χ2n) is 5.79. The zero-order valence-electron chi connectivity index (χ0n) is 13.0. The lowest BCUT2D eigenvalue weighted by atomic mass is 10.1. The molecule has 0 radical (unpaired) electrons. The normalized spacial score (nSPS) is 15.6. The first-order valence-corrected chi connectivity index (χ1v) is 7.64. The van der Waals surface area contributed by atoms with E-state index in [1.807, 2.05) is 31.2 Å². The molecule has 1 saturated heterocycles. The van der Waals surface area contributed by atoms with Crippen molar-refractivity contribution < 1.29 is 22.3 Å². The predicted molar refractivity (Wildman–Crippen MR) is 81.1 cm³/mol. The summed E-state index contributed by atoms with van der Waals surface area (Å²) in [7, 11) is 0. The van der Waals surface area contributed by atoms with Gasteiger partial charge in [0.05, 0.1) is 0 Å². The molecule has 1 aromatic carbocycles. The minimum Gasteiger partial charge on any atom is -0.490 e. The van der Waals surface area contributed by atoms with Gasteiger partial charge in [0, 0.05) is 25.9 Å². The number of nitrogens with zero attached hydrogens (tertiary/aromatic N) is 2. The Kier molecular flexibility index (Phi) is 4.59. The third-order valence-corrected chi connectivity index (χ3v) is 4.06. The van der Waals surface area contributed by atoms with Gasteiger partial charge in [-0.2, -0.15) is 22.5 Å². The van der Waals surface area contributed by atoms with Crippen LogP contribution in [0.5, 0.6) is 5.75 Å². The van der Waals surface area contributed by atoms with Crippen LogP contribution < -0.4 is 9.64 Å². The van der Waals surface area contributed by atoms with Crippen molar-refractivity contribution in [2.75, 3.05) is 18.0 Å². The number of pyridine rings is 1. The van der Waals surface area contributed by atoms with Gasteiger partial charge < -0.3 is 9.64 Å². The molecular formula is C17H16F4N2O. The highest BCUT2D eigenvalue weighted by Gasteiger charge is 2.29. The molecule has 3 nitrogen and oxygen atoms in total. The maximum atomic E-state index is 13.8. The van der Waals surface area contributed by atoms with E-state index in [1.165, 1.54) is 4.90 Å². The van der Waals surface area contributed by atoms with Crippen LogP contribution in [-0.4, -0.2) is 24.2 Å². The minimum atomic E-state index is -1.64. The summed E-state index contributed by atoms with van der Waals surface area (Å²) < 4.78 is 59.9. The van der Waals surface area contributed by atoms with Gasteiger partial charge in [-0.25, -0.2) is 0 Å². The SMILES string of the molecule is Cc1ccc(OC2CCN(c3c(F)c(F)nc(F)c3F)CC2)cc1. The second kappa shape index (κ2) is 6.67. The van der Waals surface area contributed by atoms with E-state index in [0.717, 1.165) is 11.3 Å². The van der Waals surface area contributed by atoms with Crippen molar-refractivity contribution in [3.63, 3.8) is 0 Å². The average molecular weight is 340 g/mol. The Labute approximate surface area is 136 Å². The first-order chi connectivity index (χ1) is 11.5. The van der Waals surface area contributed by atoms with Gasteiger partial charge in [-0.15, -0.1) is 0 Å². The Bertz CT molecular complexity index is 702. The van der Waals surface area contributed by atoms with E-state index in [-0.39, 0.29) is 19.2 Å². The van der Waals surface area contributed by atoms with Gasteiger partial charge in [-0.3, -0.25) is 0 Å². The summed E-state index contributed by atoms with van der Waals surface area (Å²) in [5.41, 5.74) is 0.415. The van der Waals surface area contributed by atoms with E-state index < -0.39 is 29.2 Å². The first-order valence-electron chi connectivity index (χ1n) is 7.64. The van der Waals surface area contributed by atoms with Crippen LogP contribution in [-0.2, 0) is 0 Å². The molecule has 0 unspecified atom stereocenters. The zero-order valence-corrected chi connectivity index (χ0v) is 13.0. The molecule has 1 aliphatic rings. The zero-order chi connectivity index (χ0) is 17.3. The molecule has 2 aromatic rings. The van der Waals surface area contributed by atoms with Gasteiger partial charge >= 0.3 is 0 Å². The molecule has 0 aliphatic carbocycles. The van der Waals surface area contributed by atoms with Gasteiger partial charge in [0.1, 0.15) is 17.5 Å². The number of anilines is 1. The molecule has 0 amide bonds. The van der Waals surface area contributed by atoms with Crippen molar-refractivity contribution in [1.29, 1.82) is 0 Å². The number of halogens is 4. The van der Waals surface area contributed by atoms with Crippen LogP contribution in [0.1, 0.15) is 18.4 Å². The fraction of sp³-hybridized carbons (Fsp3) is 0.353. The highest BCUT2D eigenvalue weighted by Crippen LogP contribution is 2.29. The number of ether oxygens (including phenoxy) is 1. The summed E-state index contributed by atoms with van der Waals surface area (Å²) in [5.74, 6) is -5.49. The molecule has 1 fully saturated rings. The number of hydrogen-bond acceptors (Lipinski definition) is 3. The highest BCUT2D eigenvalue weighted by molar-refractivity contribution is 5.49. The first kappa shape index (κ1) is 16.5. The van der Waals surface area contributed by atoms with Crippen LogP contribution in [0.4, 0.5) is 23.2 Å². The van der Waals surface area contributed by atoms with E-state index in [9.17, 15) is 17.6 Å². The van der Waals surface area contributed by atoms with Crippen LogP contribution in [0, 0.1) is 30.5 Å². The number of aromatic nitrogens is 1. The lowest BCUT2D eigenvalue weighted by Crippen LogP contribution is -2.39. The van der Waals surface area contributed by atoms with Gasteiger partial charge in [0.15, 0.2) is 0 Å². The molecule has 1 aromatic heterocycles. The van der Waals surface area contributed by atoms with E-state index in [1.54, 1.807) is 0 Å². The average Bonchev–Trinajstić information content (AvgIpc) is 2.57. The summed E-state index contributed by atoms with van der Waals surface area (Å²) >= 11 is 0. The van der Waals surface area contributed by atoms with Crippen LogP contribution >= 0.6 is 0 Å². The Balaban J connectivity index is 1.68. The topological polar surface area (TPSA) is 25.4 Å². The quantitative estimate of drug-likeness (QED) is 0.624. The van der Waals surface area contributed by atoms with Gasteiger partial charge in [-0.05, 0) is 19.1 Å². The second-order valence-corrected chi connectivity index (χ2v) is 5.79. The molecule has 0 atom stereocenters. The maximum absolute atomic E-state index is 13.8. The van der Waals surface area contributed by atoms with Crippen molar-refractivity contribution in [2.45, 2.75) is 25.9 Å². The fourth-order valence-electron chi connectivity index (χ4n) is 2.76. The Hall–Kier alpha value is -2.31. The molecule has 1 aliphatic heterocycles. The van der Waals surface area contributed by atoms with E-state index in [4.69, 9.17) is 4.74 Å². The van der Waals surface area contributed by atoms with Crippen molar-refractivity contribution in [3.8, 4) is 5.75 Å². The van der Waals surface area contributed by atoms with Crippen molar-refractivity contribution >= 4 is 5.69 Å². The third-order valence-electron chi connectivity index (χ3n) is 4.06. The van der Waals surface area contributed by atoms with E-state index >= 15 is 0 Å². The molecule has 0 spiro atoms. The number of rotatable bonds is 3. The highest BCUT2D eigenvalue weighted by atomic mass is 19.2. The maximum Gasteiger partial charge on any atom is 0.253 e. The van der Waals surface area contributed by atoms with Gasteiger partial charge in [0.25, 0.3) is 11.9 Å². The monoisotopic (exact) mass is 340 g/mol. The molecule has 3 rings (SSSR count). The van der Waals surface area contributed by atoms with Crippen molar-refractivity contribution in [2.24, 2.45) is 0 Å². The molecular weight excluding hydrogens is 324 g/mol. The van der Waals surface area contributed by atoms with Crippen LogP contribution in [0.3, 0.4) is 0 Å². The summed E-state index contributed by atoms with van der Waals surface area (Å²) in [4.78, 5) is 3.86. The summed E-state index contributed by atoms with van der Waals surface area (Å²) in [6, 6.07) is 7.57. The van der Waals surface area contributed by atoms with E-state index in [2.05, 4.69) is 4.98 Å². The predicted octanol–water partition coefficient (Wildman–Crippen LogP) is 3.99. The molecule has 0 N–H and O–H groups in total. The number of hydrogen-bond donors (Lipinski definition) is 0. The lowest BCUT2D eigenvalue weighted by Gasteiger charge is -2.33. The molecule has 24 heavy (non-hydrogen) atoms.